The van der Waals surface area contributed by atoms with Crippen molar-refractivity contribution in [2.24, 2.45) is 5.92 Å². The van der Waals surface area contributed by atoms with E-state index in [0.717, 1.165) is 45.5 Å². The molecule has 6 heteroatoms. The van der Waals surface area contributed by atoms with Crippen LogP contribution >= 0.6 is 0 Å². The number of hydrogen-bond donors (Lipinski definition) is 0. The van der Waals surface area contributed by atoms with Crippen molar-refractivity contribution in [1.82, 2.24) is 9.88 Å². The highest BCUT2D eigenvalue weighted by Gasteiger charge is 2.49. The minimum absolute atomic E-state index is 0.0138. The van der Waals surface area contributed by atoms with Crippen LogP contribution in [0.1, 0.15) is 36.2 Å². The van der Waals surface area contributed by atoms with E-state index in [4.69, 9.17) is 14.2 Å². The third kappa shape index (κ3) is 3.86. The molecule has 3 saturated heterocycles. The largest absolute Gasteiger partial charge is 0.381 e. The van der Waals surface area contributed by atoms with Crippen molar-refractivity contribution in [2.75, 3.05) is 39.5 Å². The smallest absolute Gasteiger partial charge is 0.272 e. The maximum Gasteiger partial charge on any atom is 0.272 e. The first-order chi connectivity index (χ1) is 12.2. The number of pyridine rings is 1. The topological polar surface area (TPSA) is 60.9 Å². The van der Waals surface area contributed by atoms with E-state index >= 15 is 0 Å². The predicted molar refractivity (Wildman–Crippen MR) is 91.3 cm³/mol. The molecule has 3 fully saturated rings. The molecule has 0 N–H and O–H groups in total. The lowest BCUT2D eigenvalue weighted by atomic mass is 9.84. The third-order valence-electron chi connectivity index (χ3n) is 5.49. The fourth-order valence-corrected chi connectivity index (χ4v) is 3.97. The second kappa shape index (κ2) is 7.40. The molecule has 1 amide bonds. The zero-order chi connectivity index (χ0) is 17.1. The van der Waals surface area contributed by atoms with Crippen molar-refractivity contribution in [1.29, 1.82) is 0 Å². The molecular formula is C19H26N2O4. The minimum atomic E-state index is -0.219. The molecule has 0 aliphatic carbocycles. The van der Waals surface area contributed by atoms with Gasteiger partial charge in [0.25, 0.3) is 5.91 Å². The molecule has 0 bridgehead atoms. The summed E-state index contributed by atoms with van der Waals surface area (Å²) in [6, 6.07) is 5.42. The lowest BCUT2D eigenvalue weighted by Gasteiger charge is -2.52. The molecule has 0 radical (unpaired) electrons. The van der Waals surface area contributed by atoms with Crippen LogP contribution in [0.4, 0.5) is 0 Å². The number of rotatable bonds is 4. The number of ether oxygens (including phenoxy) is 3. The number of carbonyl (C=O) groups excluding carboxylic acids is 1. The maximum atomic E-state index is 12.4. The number of carbonyl (C=O) groups is 1. The van der Waals surface area contributed by atoms with E-state index in [-0.39, 0.29) is 17.6 Å². The Labute approximate surface area is 148 Å². The molecule has 0 unspecified atom stereocenters. The van der Waals surface area contributed by atoms with E-state index in [2.05, 4.69) is 4.98 Å². The first kappa shape index (κ1) is 16.9. The summed E-state index contributed by atoms with van der Waals surface area (Å²) in [5.41, 5.74) is 0.281. The lowest BCUT2D eigenvalue weighted by Crippen LogP contribution is -2.67. The molecule has 4 heterocycles. The van der Waals surface area contributed by atoms with Crippen LogP contribution in [0.25, 0.3) is 0 Å². The molecule has 136 valence electrons. The maximum absolute atomic E-state index is 12.4. The van der Waals surface area contributed by atoms with Crippen molar-refractivity contribution in [3.8, 4) is 0 Å². The van der Waals surface area contributed by atoms with Crippen molar-refractivity contribution in [3.05, 3.63) is 30.1 Å². The van der Waals surface area contributed by atoms with Gasteiger partial charge in [0.15, 0.2) is 0 Å². The van der Waals surface area contributed by atoms with E-state index < -0.39 is 0 Å². The Balaban J connectivity index is 1.26. The van der Waals surface area contributed by atoms with Gasteiger partial charge in [0.05, 0.1) is 19.2 Å². The molecule has 1 aromatic rings. The number of amides is 1. The van der Waals surface area contributed by atoms with Crippen LogP contribution < -0.4 is 0 Å². The number of hydrogen-bond acceptors (Lipinski definition) is 5. The van der Waals surface area contributed by atoms with Crippen molar-refractivity contribution in [2.45, 2.75) is 37.4 Å². The molecule has 3 aliphatic rings. The highest BCUT2D eigenvalue weighted by Crippen LogP contribution is 2.36. The standard InChI is InChI=1S/C19H26N2O4/c22-18(17-3-1-2-7-20-17)21-13-19(14-21)11-16(6-10-25-19)24-12-15-4-8-23-9-5-15/h1-3,7,15-16H,4-6,8-14H2/t16-/m0/s1. The fraction of sp³-hybridized carbons (Fsp3) is 0.684. The second-order valence-electron chi connectivity index (χ2n) is 7.41. The van der Waals surface area contributed by atoms with Crippen molar-refractivity contribution in [3.63, 3.8) is 0 Å². The van der Waals surface area contributed by atoms with Crippen LogP contribution in [0.5, 0.6) is 0 Å². The summed E-state index contributed by atoms with van der Waals surface area (Å²) in [7, 11) is 0. The minimum Gasteiger partial charge on any atom is -0.381 e. The number of nitrogens with zero attached hydrogens (tertiary/aromatic N) is 2. The molecule has 4 rings (SSSR count). The SMILES string of the molecule is O=C(c1ccccn1)N1CC2(C[C@@H](OCC3CCOCC3)CCO2)C1. The van der Waals surface area contributed by atoms with Gasteiger partial charge in [-0.3, -0.25) is 9.78 Å². The van der Waals surface area contributed by atoms with E-state index in [1.165, 1.54) is 0 Å². The van der Waals surface area contributed by atoms with Crippen LogP contribution in [-0.4, -0.2) is 67.0 Å². The average molecular weight is 346 g/mol. The van der Waals surface area contributed by atoms with E-state index in [9.17, 15) is 4.79 Å². The highest BCUT2D eigenvalue weighted by atomic mass is 16.5. The quantitative estimate of drug-likeness (QED) is 0.833. The Morgan fingerprint density at radius 2 is 2.08 bits per heavy atom. The fourth-order valence-electron chi connectivity index (χ4n) is 3.97. The summed E-state index contributed by atoms with van der Waals surface area (Å²) in [5.74, 6) is 0.608. The van der Waals surface area contributed by atoms with Gasteiger partial charge in [-0.25, -0.2) is 0 Å². The summed E-state index contributed by atoms with van der Waals surface area (Å²) in [6.45, 7) is 4.52. The molecule has 1 aromatic heterocycles. The lowest BCUT2D eigenvalue weighted by molar-refractivity contribution is -0.188. The van der Waals surface area contributed by atoms with E-state index in [1.54, 1.807) is 12.3 Å². The summed E-state index contributed by atoms with van der Waals surface area (Å²) < 4.78 is 17.6. The average Bonchev–Trinajstić information content (AvgIpc) is 2.65. The van der Waals surface area contributed by atoms with Gasteiger partial charge in [0.1, 0.15) is 11.3 Å². The third-order valence-corrected chi connectivity index (χ3v) is 5.49. The molecule has 1 spiro atoms. The van der Waals surface area contributed by atoms with E-state index in [0.29, 0.717) is 31.3 Å². The first-order valence-electron chi connectivity index (χ1n) is 9.28. The van der Waals surface area contributed by atoms with Crippen LogP contribution in [-0.2, 0) is 14.2 Å². The van der Waals surface area contributed by atoms with Gasteiger partial charge < -0.3 is 19.1 Å². The molecule has 0 aromatic carbocycles. The van der Waals surface area contributed by atoms with Crippen molar-refractivity contribution >= 4 is 5.91 Å². The Bertz CT molecular complexity index is 582. The summed E-state index contributed by atoms with van der Waals surface area (Å²) in [4.78, 5) is 18.4. The van der Waals surface area contributed by atoms with Crippen LogP contribution in [0.2, 0.25) is 0 Å². The number of aromatic nitrogens is 1. The van der Waals surface area contributed by atoms with Crippen molar-refractivity contribution < 1.29 is 19.0 Å². The molecule has 6 nitrogen and oxygen atoms in total. The Morgan fingerprint density at radius 3 is 2.84 bits per heavy atom. The normalized spacial score (nSPS) is 26.4. The van der Waals surface area contributed by atoms with Gasteiger partial charge >= 0.3 is 0 Å². The summed E-state index contributed by atoms with van der Waals surface area (Å²) >= 11 is 0. The highest BCUT2D eigenvalue weighted by molar-refractivity contribution is 5.93. The number of likely N-dealkylation sites (tertiary alicyclic amines) is 1. The molecule has 1 atom stereocenters. The monoisotopic (exact) mass is 346 g/mol. The second-order valence-corrected chi connectivity index (χ2v) is 7.41. The summed E-state index contributed by atoms with van der Waals surface area (Å²) in [6.07, 6.45) is 5.91. The Kier molecular flexibility index (Phi) is 5.01. The molecular weight excluding hydrogens is 320 g/mol. The van der Waals surface area contributed by atoms with Crippen LogP contribution in [0.3, 0.4) is 0 Å². The van der Waals surface area contributed by atoms with Gasteiger partial charge in [-0.05, 0) is 37.3 Å². The van der Waals surface area contributed by atoms with Gasteiger partial charge in [-0.1, -0.05) is 6.07 Å². The van der Waals surface area contributed by atoms with Gasteiger partial charge in [-0.15, -0.1) is 0 Å². The Morgan fingerprint density at radius 1 is 1.24 bits per heavy atom. The van der Waals surface area contributed by atoms with Gasteiger partial charge in [0, 0.05) is 39.0 Å². The molecule has 0 saturated carbocycles. The zero-order valence-corrected chi connectivity index (χ0v) is 14.6. The predicted octanol–water partition coefficient (Wildman–Crippen LogP) is 1.90. The van der Waals surface area contributed by atoms with E-state index in [1.807, 2.05) is 17.0 Å². The molecule has 25 heavy (non-hydrogen) atoms. The summed E-state index contributed by atoms with van der Waals surface area (Å²) in [5, 5.41) is 0. The zero-order valence-electron chi connectivity index (χ0n) is 14.6. The van der Waals surface area contributed by atoms with Crippen LogP contribution in [0, 0.1) is 5.92 Å². The Hall–Kier alpha value is -1.50. The first-order valence-corrected chi connectivity index (χ1v) is 9.28. The molecule has 3 aliphatic heterocycles. The van der Waals surface area contributed by atoms with Gasteiger partial charge in [-0.2, -0.15) is 0 Å². The van der Waals surface area contributed by atoms with Crippen LogP contribution in [0.15, 0.2) is 24.4 Å². The van der Waals surface area contributed by atoms with Gasteiger partial charge in [0.2, 0.25) is 0 Å².